The fraction of sp³-hybridized carbons (Fsp3) is 0.333. The molecule has 3 N–H and O–H groups in total. The third-order valence-electron chi connectivity index (χ3n) is 3.05. The van der Waals surface area contributed by atoms with Crippen LogP contribution in [0.2, 0.25) is 0 Å². The zero-order valence-electron chi connectivity index (χ0n) is 10.6. The molecule has 3 unspecified atom stereocenters. The van der Waals surface area contributed by atoms with E-state index in [9.17, 15) is 18.0 Å². The lowest BCUT2D eigenvalue weighted by atomic mass is 10.1. The molecule has 6 nitrogen and oxygen atoms in total. The fourth-order valence-corrected chi connectivity index (χ4v) is 2.00. The van der Waals surface area contributed by atoms with E-state index in [1.165, 1.54) is 0 Å². The van der Waals surface area contributed by atoms with Gasteiger partial charge in [-0.2, -0.15) is 4.98 Å². The summed E-state index contributed by atoms with van der Waals surface area (Å²) in [5.41, 5.74) is 4.09. The Labute approximate surface area is 117 Å². The van der Waals surface area contributed by atoms with Gasteiger partial charge >= 0.3 is 5.69 Å². The second-order valence-electron chi connectivity index (χ2n) is 4.28. The number of ether oxygens (including phenoxy) is 1. The monoisotopic (exact) mass is 303 g/mol. The van der Waals surface area contributed by atoms with Crippen molar-refractivity contribution in [2.45, 2.75) is 18.5 Å². The van der Waals surface area contributed by atoms with Crippen molar-refractivity contribution in [1.29, 1.82) is 0 Å². The summed E-state index contributed by atoms with van der Waals surface area (Å²) in [6.45, 7) is -0.691. The van der Waals surface area contributed by atoms with Gasteiger partial charge in [0.15, 0.2) is 12.4 Å². The Hall–Kier alpha value is -2.13. The maximum absolute atomic E-state index is 13.8. The van der Waals surface area contributed by atoms with Crippen molar-refractivity contribution in [1.82, 2.24) is 9.55 Å². The molecule has 0 bridgehead atoms. The summed E-state index contributed by atoms with van der Waals surface area (Å²) < 4.78 is 44.8. The van der Waals surface area contributed by atoms with E-state index in [1.54, 1.807) is 0 Å². The first-order valence-corrected chi connectivity index (χ1v) is 5.89. The van der Waals surface area contributed by atoms with Crippen molar-refractivity contribution < 1.29 is 23.0 Å². The molecule has 3 atom stereocenters. The lowest BCUT2D eigenvalue weighted by molar-refractivity contribution is -0.0322. The van der Waals surface area contributed by atoms with Crippen molar-refractivity contribution in [3.8, 4) is 0 Å². The molecule has 1 aliphatic heterocycles. The largest absolute Gasteiger partial charge is 0.394 e. The number of anilines is 1. The van der Waals surface area contributed by atoms with Gasteiger partial charge in [-0.15, -0.1) is 0 Å². The van der Waals surface area contributed by atoms with Crippen LogP contribution in [-0.2, 0) is 4.74 Å². The number of aliphatic hydroxyl groups excluding tert-OH is 1. The van der Waals surface area contributed by atoms with Crippen molar-refractivity contribution in [3.05, 3.63) is 40.5 Å². The number of halogens is 3. The van der Waals surface area contributed by atoms with Crippen molar-refractivity contribution in [3.63, 3.8) is 0 Å². The van der Waals surface area contributed by atoms with E-state index in [1.807, 2.05) is 0 Å². The number of hydrogen-bond acceptors (Lipinski definition) is 5. The van der Waals surface area contributed by atoms with Crippen LogP contribution in [0.1, 0.15) is 11.8 Å². The minimum Gasteiger partial charge on any atom is -0.394 e. The molecule has 21 heavy (non-hydrogen) atoms. The Morgan fingerprint density at radius 1 is 1.52 bits per heavy atom. The topological polar surface area (TPSA) is 90.4 Å². The molecule has 1 aliphatic rings. The SMILES string of the molecule is Nc1nc(=O)n(C2OC(CO)C(F)C2=CF)cc1C=CF. The molecule has 1 aromatic heterocycles. The number of aromatic nitrogens is 2. The van der Waals surface area contributed by atoms with Crippen LogP contribution in [0.3, 0.4) is 0 Å². The van der Waals surface area contributed by atoms with E-state index in [-0.39, 0.29) is 24.0 Å². The molecule has 1 saturated heterocycles. The highest BCUT2D eigenvalue weighted by molar-refractivity contribution is 5.58. The van der Waals surface area contributed by atoms with Crippen LogP contribution < -0.4 is 11.4 Å². The molecule has 0 saturated carbocycles. The first kappa shape index (κ1) is 15.3. The third-order valence-corrected chi connectivity index (χ3v) is 3.05. The van der Waals surface area contributed by atoms with Crippen LogP contribution in [-0.4, -0.2) is 33.5 Å². The van der Waals surface area contributed by atoms with Gasteiger partial charge in [0.2, 0.25) is 0 Å². The third kappa shape index (κ3) is 2.69. The minimum absolute atomic E-state index is 0.0293. The van der Waals surface area contributed by atoms with Crippen molar-refractivity contribution in [2.24, 2.45) is 0 Å². The summed E-state index contributed by atoms with van der Waals surface area (Å²) in [5.74, 6) is -0.232. The molecule has 0 aromatic carbocycles. The highest BCUT2D eigenvalue weighted by Crippen LogP contribution is 2.35. The summed E-state index contributed by atoms with van der Waals surface area (Å²) in [7, 11) is 0. The normalized spacial score (nSPS) is 27.8. The average molecular weight is 303 g/mol. The van der Waals surface area contributed by atoms with Gasteiger partial charge in [-0.3, -0.25) is 4.57 Å². The number of alkyl halides is 1. The summed E-state index contributed by atoms with van der Waals surface area (Å²) in [5, 5.41) is 8.97. The first-order chi connectivity index (χ1) is 10.0. The zero-order valence-corrected chi connectivity index (χ0v) is 10.6. The first-order valence-electron chi connectivity index (χ1n) is 5.89. The highest BCUT2D eigenvalue weighted by Gasteiger charge is 2.41. The van der Waals surface area contributed by atoms with Crippen LogP contribution in [0.15, 0.2) is 29.2 Å². The number of rotatable bonds is 3. The predicted molar refractivity (Wildman–Crippen MR) is 68.1 cm³/mol. The van der Waals surface area contributed by atoms with E-state index in [4.69, 9.17) is 15.6 Å². The van der Waals surface area contributed by atoms with Gasteiger partial charge in [-0.05, 0) is 6.08 Å². The molecule has 0 aliphatic carbocycles. The standard InChI is InChI=1S/C12H12F3N3O3/c13-2-1-6-4-18(12(20)17-10(6)16)11-7(3-14)9(15)8(5-19)21-11/h1-4,8-9,11,19H,5H2,(H2,16,17,20). The van der Waals surface area contributed by atoms with Gasteiger partial charge in [0, 0.05) is 17.3 Å². The van der Waals surface area contributed by atoms with Crippen molar-refractivity contribution in [2.75, 3.05) is 12.3 Å². The van der Waals surface area contributed by atoms with Crippen molar-refractivity contribution >= 4 is 11.9 Å². The van der Waals surface area contributed by atoms with Crippen LogP contribution in [0, 0.1) is 0 Å². The van der Waals surface area contributed by atoms with E-state index in [0.29, 0.717) is 0 Å². The Balaban J connectivity index is 2.51. The summed E-state index contributed by atoms with van der Waals surface area (Å²) >= 11 is 0. The summed E-state index contributed by atoms with van der Waals surface area (Å²) in [4.78, 5) is 15.2. The Kier molecular flexibility index (Phi) is 4.43. The molecular formula is C12H12F3N3O3. The van der Waals surface area contributed by atoms with Crippen LogP contribution >= 0.6 is 0 Å². The Morgan fingerprint density at radius 2 is 2.24 bits per heavy atom. The van der Waals surface area contributed by atoms with E-state index < -0.39 is 36.4 Å². The number of nitrogen functional groups attached to an aromatic ring is 1. The van der Waals surface area contributed by atoms with Gasteiger partial charge in [0.1, 0.15) is 11.9 Å². The molecular weight excluding hydrogens is 291 g/mol. The Morgan fingerprint density at radius 3 is 2.81 bits per heavy atom. The summed E-state index contributed by atoms with van der Waals surface area (Å²) in [6.07, 6.45) is -2.48. The van der Waals surface area contributed by atoms with Crippen LogP contribution in [0.5, 0.6) is 0 Å². The van der Waals surface area contributed by atoms with Gasteiger partial charge in [0.25, 0.3) is 0 Å². The minimum atomic E-state index is -1.91. The molecule has 2 heterocycles. The maximum Gasteiger partial charge on any atom is 0.351 e. The van der Waals surface area contributed by atoms with Crippen LogP contribution in [0.4, 0.5) is 19.0 Å². The predicted octanol–water partition coefficient (Wildman–Crippen LogP) is 0.847. The lowest BCUT2D eigenvalue weighted by Gasteiger charge is -2.15. The molecule has 0 spiro atoms. The molecule has 2 rings (SSSR count). The lowest BCUT2D eigenvalue weighted by Crippen LogP contribution is -2.29. The highest BCUT2D eigenvalue weighted by atomic mass is 19.1. The quantitative estimate of drug-likeness (QED) is 0.864. The second kappa shape index (κ2) is 6.10. The molecule has 1 fully saturated rings. The zero-order chi connectivity index (χ0) is 15.6. The number of aliphatic hydroxyl groups is 1. The summed E-state index contributed by atoms with van der Waals surface area (Å²) in [6, 6.07) is 0. The van der Waals surface area contributed by atoms with E-state index in [2.05, 4.69) is 4.98 Å². The smallest absolute Gasteiger partial charge is 0.351 e. The van der Waals surface area contributed by atoms with Gasteiger partial charge in [-0.25, -0.2) is 18.0 Å². The maximum atomic E-state index is 13.8. The van der Waals surface area contributed by atoms with E-state index >= 15 is 0 Å². The van der Waals surface area contributed by atoms with Gasteiger partial charge in [-0.1, -0.05) is 0 Å². The molecule has 1 aromatic rings. The van der Waals surface area contributed by atoms with Gasteiger partial charge < -0.3 is 15.6 Å². The molecule has 114 valence electrons. The average Bonchev–Trinajstić information content (AvgIpc) is 2.78. The molecule has 0 radical (unpaired) electrons. The van der Waals surface area contributed by atoms with Gasteiger partial charge in [0.05, 0.1) is 19.3 Å². The second-order valence-corrected chi connectivity index (χ2v) is 4.28. The number of nitrogens with two attached hydrogens (primary N) is 1. The fourth-order valence-electron chi connectivity index (χ4n) is 2.00. The molecule has 9 heteroatoms. The van der Waals surface area contributed by atoms with Crippen LogP contribution in [0.25, 0.3) is 6.08 Å². The Bertz CT molecular complexity index is 644. The molecule has 0 amide bonds. The number of nitrogens with zero attached hydrogens (tertiary/aromatic N) is 2. The van der Waals surface area contributed by atoms with E-state index in [0.717, 1.165) is 16.8 Å². The number of hydrogen-bond donors (Lipinski definition) is 2.